The fraction of sp³-hybridized carbons (Fsp3) is 0.500. The number of hydrogen-bond donors (Lipinski definition) is 0. The van der Waals surface area contributed by atoms with Crippen LogP contribution < -0.4 is 0 Å². The molecular formula is C8H10OS. The van der Waals surface area contributed by atoms with Crippen molar-refractivity contribution in [3.63, 3.8) is 0 Å². The van der Waals surface area contributed by atoms with E-state index in [9.17, 15) is 0 Å². The summed E-state index contributed by atoms with van der Waals surface area (Å²) in [6.07, 6.45) is 1.12. The molecular weight excluding hydrogens is 144 g/mol. The van der Waals surface area contributed by atoms with Gasteiger partial charge in [-0.3, -0.25) is 0 Å². The second-order valence-electron chi connectivity index (χ2n) is 2.62. The van der Waals surface area contributed by atoms with Crippen LogP contribution in [0.4, 0.5) is 0 Å². The molecule has 0 saturated heterocycles. The van der Waals surface area contributed by atoms with E-state index in [0.717, 1.165) is 19.6 Å². The molecule has 0 spiro atoms. The molecule has 0 amide bonds. The van der Waals surface area contributed by atoms with Gasteiger partial charge in [-0.15, -0.1) is 11.3 Å². The lowest BCUT2D eigenvalue weighted by atomic mass is 10.1. The smallest absolute Gasteiger partial charge is 0.0730 e. The Morgan fingerprint density at radius 3 is 3.30 bits per heavy atom. The summed E-state index contributed by atoms with van der Waals surface area (Å²) in [4.78, 5) is 1.53. The van der Waals surface area contributed by atoms with Crippen LogP contribution in [0, 0.1) is 6.92 Å². The third-order valence-corrected chi connectivity index (χ3v) is 3.12. The monoisotopic (exact) mass is 154 g/mol. The fourth-order valence-corrected chi connectivity index (χ4v) is 2.29. The van der Waals surface area contributed by atoms with Gasteiger partial charge >= 0.3 is 0 Å². The second-order valence-corrected chi connectivity index (χ2v) is 3.59. The first-order valence-corrected chi connectivity index (χ1v) is 4.39. The Labute approximate surface area is 64.6 Å². The van der Waals surface area contributed by atoms with E-state index in [1.54, 1.807) is 0 Å². The molecule has 54 valence electrons. The van der Waals surface area contributed by atoms with Gasteiger partial charge in [0, 0.05) is 11.3 Å². The highest BCUT2D eigenvalue weighted by atomic mass is 32.1. The van der Waals surface area contributed by atoms with Gasteiger partial charge in [-0.05, 0) is 23.4 Å². The molecule has 1 aliphatic rings. The Kier molecular flexibility index (Phi) is 1.51. The van der Waals surface area contributed by atoms with Gasteiger partial charge in [-0.1, -0.05) is 0 Å². The van der Waals surface area contributed by atoms with Crippen molar-refractivity contribution in [1.82, 2.24) is 0 Å². The van der Waals surface area contributed by atoms with Gasteiger partial charge in [0.15, 0.2) is 0 Å². The van der Waals surface area contributed by atoms with Crippen molar-refractivity contribution in [2.75, 3.05) is 6.61 Å². The van der Waals surface area contributed by atoms with Crippen LogP contribution >= 0.6 is 11.3 Å². The van der Waals surface area contributed by atoms with Gasteiger partial charge in [-0.2, -0.15) is 0 Å². The fourth-order valence-electron chi connectivity index (χ4n) is 1.26. The lowest BCUT2D eigenvalue weighted by Gasteiger charge is -2.11. The molecule has 1 aromatic rings. The highest BCUT2D eigenvalue weighted by molar-refractivity contribution is 7.10. The van der Waals surface area contributed by atoms with E-state index in [-0.39, 0.29) is 0 Å². The summed E-state index contributed by atoms with van der Waals surface area (Å²) in [5, 5.41) is 2.22. The van der Waals surface area contributed by atoms with Crippen LogP contribution in [0.3, 0.4) is 0 Å². The van der Waals surface area contributed by atoms with Gasteiger partial charge in [0.1, 0.15) is 0 Å². The predicted molar refractivity (Wildman–Crippen MR) is 42.4 cm³/mol. The van der Waals surface area contributed by atoms with Crippen molar-refractivity contribution < 1.29 is 4.74 Å². The van der Waals surface area contributed by atoms with Crippen LogP contribution in [0.25, 0.3) is 0 Å². The molecule has 1 aliphatic heterocycles. The number of thiophene rings is 1. The number of aryl methyl sites for hydroxylation is 1. The molecule has 0 aromatic carbocycles. The van der Waals surface area contributed by atoms with E-state index in [1.807, 2.05) is 11.3 Å². The molecule has 2 heterocycles. The minimum atomic E-state index is 0.838. The van der Waals surface area contributed by atoms with E-state index in [4.69, 9.17) is 4.74 Å². The zero-order valence-electron chi connectivity index (χ0n) is 6.02. The first kappa shape index (κ1) is 6.38. The number of ether oxygens (including phenoxy) is 1. The summed E-state index contributed by atoms with van der Waals surface area (Å²) in [6, 6.07) is 0. The van der Waals surface area contributed by atoms with E-state index < -0.39 is 0 Å². The minimum Gasteiger partial charge on any atom is -0.376 e. The number of fused-ring (bicyclic) bond motifs is 1. The summed E-state index contributed by atoms with van der Waals surface area (Å²) in [5.41, 5.74) is 2.84. The summed E-state index contributed by atoms with van der Waals surface area (Å²) in [6.45, 7) is 3.90. The van der Waals surface area contributed by atoms with E-state index >= 15 is 0 Å². The molecule has 0 aliphatic carbocycles. The Morgan fingerprint density at radius 1 is 1.60 bits per heavy atom. The van der Waals surface area contributed by atoms with Crippen molar-refractivity contribution in [2.24, 2.45) is 0 Å². The quantitative estimate of drug-likeness (QED) is 0.556. The molecule has 0 atom stereocenters. The maximum absolute atomic E-state index is 5.34. The van der Waals surface area contributed by atoms with Gasteiger partial charge in [0.25, 0.3) is 0 Å². The third kappa shape index (κ3) is 0.879. The van der Waals surface area contributed by atoms with E-state index in [0.29, 0.717) is 0 Å². The Morgan fingerprint density at radius 2 is 2.50 bits per heavy atom. The summed E-state index contributed by atoms with van der Waals surface area (Å²) >= 11 is 1.87. The lowest BCUT2D eigenvalue weighted by Crippen LogP contribution is -2.07. The maximum Gasteiger partial charge on any atom is 0.0730 e. The van der Waals surface area contributed by atoms with Gasteiger partial charge < -0.3 is 4.74 Å². The minimum absolute atomic E-state index is 0.838. The molecule has 0 saturated carbocycles. The molecule has 2 heteroatoms. The van der Waals surface area contributed by atoms with Crippen LogP contribution in [0.1, 0.15) is 16.0 Å². The molecule has 0 bridgehead atoms. The van der Waals surface area contributed by atoms with Crippen LogP contribution in [0.15, 0.2) is 5.38 Å². The highest BCUT2D eigenvalue weighted by Crippen LogP contribution is 2.26. The second kappa shape index (κ2) is 2.36. The van der Waals surface area contributed by atoms with Gasteiger partial charge in [0.2, 0.25) is 0 Å². The predicted octanol–water partition coefficient (Wildman–Crippen LogP) is 2.13. The summed E-state index contributed by atoms with van der Waals surface area (Å²) in [5.74, 6) is 0. The van der Waals surface area contributed by atoms with Crippen LogP contribution in [0.2, 0.25) is 0 Å². The number of hydrogen-bond acceptors (Lipinski definition) is 2. The highest BCUT2D eigenvalue weighted by Gasteiger charge is 2.12. The van der Waals surface area contributed by atoms with Gasteiger partial charge in [0.05, 0.1) is 13.2 Å². The molecule has 1 aromatic heterocycles. The molecule has 0 unspecified atom stereocenters. The van der Waals surface area contributed by atoms with Crippen LogP contribution in [-0.4, -0.2) is 6.61 Å². The zero-order chi connectivity index (χ0) is 6.97. The molecule has 2 rings (SSSR count). The standard InChI is InChI=1S/C8H10OS/c1-6-5-10-8-2-3-9-4-7(6)8/h5H,2-4H2,1H3. The Bertz CT molecular complexity index is 239. The first-order valence-electron chi connectivity index (χ1n) is 3.51. The Hall–Kier alpha value is -0.340. The maximum atomic E-state index is 5.34. The summed E-state index contributed by atoms with van der Waals surface area (Å²) < 4.78 is 5.34. The largest absolute Gasteiger partial charge is 0.376 e. The van der Waals surface area contributed by atoms with Crippen LogP contribution in [0.5, 0.6) is 0 Å². The normalized spacial score (nSPS) is 16.9. The average Bonchev–Trinajstić information content (AvgIpc) is 2.34. The topological polar surface area (TPSA) is 9.23 Å². The van der Waals surface area contributed by atoms with Crippen molar-refractivity contribution in [2.45, 2.75) is 20.0 Å². The SMILES string of the molecule is Cc1csc2c1COCC2. The zero-order valence-corrected chi connectivity index (χ0v) is 6.83. The van der Waals surface area contributed by atoms with Crippen molar-refractivity contribution in [1.29, 1.82) is 0 Å². The lowest BCUT2D eigenvalue weighted by molar-refractivity contribution is 0.112. The van der Waals surface area contributed by atoms with Crippen LogP contribution in [-0.2, 0) is 17.8 Å². The summed E-state index contributed by atoms with van der Waals surface area (Å²) in [7, 11) is 0. The average molecular weight is 154 g/mol. The molecule has 1 nitrogen and oxygen atoms in total. The molecule has 10 heavy (non-hydrogen) atoms. The molecule has 0 radical (unpaired) electrons. The molecule has 0 fully saturated rings. The Balaban J connectivity index is 2.45. The van der Waals surface area contributed by atoms with E-state index in [2.05, 4.69) is 12.3 Å². The van der Waals surface area contributed by atoms with Crippen molar-refractivity contribution in [3.05, 3.63) is 21.4 Å². The molecule has 0 N–H and O–H groups in total. The first-order chi connectivity index (χ1) is 4.88. The number of rotatable bonds is 0. The third-order valence-electron chi connectivity index (χ3n) is 1.91. The van der Waals surface area contributed by atoms with Gasteiger partial charge in [-0.25, -0.2) is 0 Å². The van der Waals surface area contributed by atoms with E-state index in [1.165, 1.54) is 16.0 Å². The van der Waals surface area contributed by atoms with Crippen molar-refractivity contribution in [3.8, 4) is 0 Å². The van der Waals surface area contributed by atoms with Crippen molar-refractivity contribution >= 4 is 11.3 Å².